The van der Waals surface area contributed by atoms with E-state index in [0.29, 0.717) is 32.5 Å². The van der Waals surface area contributed by atoms with Crippen LogP contribution in [-0.4, -0.2) is 50.0 Å². The van der Waals surface area contributed by atoms with Gasteiger partial charge in [0.25, 0.3) is 0 Å². The monoisotopic (exact) mass is 332 g/mol. The number of hydrogen-bond acceptors (Lipinski definition) is 5. The van der Waals surface area contributed by atoms with Crippen LogP contribution in [0.2, 0.25) is 0 Å². The molecular weight excluding hydrogens is 308 g/mol. The van der Waals surface area contributed by atoms with Gasteiger partial charge in [0.05, 0.1) is 17.5 Å². The van der Waals surface area contributed by atoms with Gasteiger partial charge in [0.1, 0.15) is 5.76 Å². The molecule has 0 saturated carbocycles. The van der Waals surface area contributed by atoms with Gasteiger partial charge in [-0.1, -0.05) is 5.16 Å². The summed E-state index contributed by atoms with van der Waals surface area (Å²) in [5, 5.41) is 18.5. The molecule has 7 nitrogen and oxygen atoms in total. The molecule has 1 saturated heterocycles. The van der Waals surface area contributed by atoms with Crippen LogP contribution in [0.4, 0.5) is 0 Å². The highest BCUT2D eigenvalue weighted by molar-refractivity contribution is 5.76. The van der Waals surface area contributed by atoms with Gasteiger partial charge in [-0.05, 0) is 26.8 Å². The van der Waals surface area contributed by atoms with Gasteiger partial charge < -0.3 is 14.5 Å². The molecule has 2 atom stereocenters. The molecule has 3 rings (SSSR count). The predicted octanol–water partition coefficient (Wildman–Crippen LogP) is 1.25. The van der Waals surface area contributed by atoms with E-state index >= 15 is 0 Å². The standard InChI is InChI=1S/C17H24N4O3/c1-11-6-13(3)21(18-11)5-4-17(23)20-9-14(16(22)10-20)8-15-7-12(2)19-24-15/h6-7,14,16,22H,4-5,8-10H2,1-3H3/t14-,16+/m1/s1. The number of nitrogens with zero attached hydrogens (tertiary/aromatic N) is 4. The first-order chi connectivity index (χ1) is 11.4. The van der Waals surface area contributed by atoms with E-state index < -0.39 is 6.10 Å². The zero-order valence-electron chi connectivity index (χ0n) is 14.4. The number of rotatable bonds is 5. The van der Waals surface area contributed by atoms with E-state index in [-0.39, 0.29) is 11.8 Å². The van der Waals surface area contributed by atoms with Crippen molar-refractivity contribution in [3.8, 4) is 0 Å². The van der Waals surface area contributed by atoms with Crippen molar-refractivity contribution in [2.75, 3.05) is 13.1 Å². The summed E-state index contributed by atoms with van der Waals surface area (Å²) in [5.41, 5.74) is 2.84. The molecule has 0 spiro atoms. The fraction of sp³-hybridized carbons (Fsp3) is 0.588. The molecule has 2 aromatic rings. The third kappa shape index (κ3) is 3.67. The van der Waals surface area contributed by atoms with Crippen molar-refractivity contribution in [3.63, 3.8) is 0 Å². The maximum absolute atomic E-state index is 12.4. The lowest BCUT2D eigenvalue weighted by Crippen LogP contribution is -2.30. The van der Waals surface area contributed by atoms with Crippen molar-refractivity contribution in [1.29, 1.82) is 0 Å². The molecule has 7 heteroatoms. The van der Waals surface area contributed by atoms with Crippen LogP contribution in [0.15, 0.2) is 16.7 Å². The third-order valence-corrected chi connectivity index (χ3v) is 4.54. The second-order valence-corrected chi connectivity index (χ2v) is 6.67. The first-order valence-corrected chi connectivity index (χ1v) is 8.31. The Hall–Kier alpha value is -2.15. The number of β-amino-alcohol motifs (C(OH)–C–C–N with tert-alkyl or cyclic N) is 1. The van der Waals surface area contributed by atoms with Gasteiger partial charge in [-0.15, -0.1) is 0 Å². The normalized spacial score (nSPS) is 20.8. The third-order valence-electron chi connectivity index (χ3n) is 4.54. The molecule has 0 aromatic carbocycles. The van der Waals surface area contributed by atoms with Crippen molar-refractivity contribution in [2.24, 2.45) is 5.92 Å². The van der Waals surface area contributed by atoms with Gasteiger partial charge in [-0.2, -0.15) is 5.10 Å². The van der Waals surface area contributed by atoms with Crippen LogP contribution in [-0.2, 0) is 17.8 Å². The zero-order valence-corrected chi connectivity index (χ0v) is 14.4. The SMILES string of the molecule is Cc1cc(C[C@@H]2CN(C(=O)CCn3nc(C)cc3C)C[C@@H]2O)on1. The molecule has 0 unspecified atom stereocenters. The smallest absolute Gasteiger partial charge is 0.224 e. The lowest BCUT2D eigenvalue weighted by Gasteiger charge is -2.16. The Kier molecular flexibility index (Phi) is 4.71. The predicted molar refractivity (Wildman–Crippen MR) is 87.3 cm³/mol. The van der Waals surface area contributed by atoms with Gasteiger partial charge in [0, 0.05) is 50.2 Å². The maximum Gasteiger partial charge on any atom is 0.224 e. The van der Waals surface area contributed by atoms with E-state index in [2.05, 4.69) is 10.3 Å². The largest absolute Gasteiger partial charge is 0.391 e. The Labute approximate surface area is 141 Å². The zero-order chi connectivity index (χ0) is 17.3. The topological polar surface area (TPSA) is 84.4 Å². The van der Waals surface area contributed by atoms with Crippen molar-refractivity contribution < 1.29 is 14.4 Å². The summed E-state index contributed by atoms with van der Waals surface area (Å²) < 4.78 is 7.07. The molecule has 0 radical (unpaired) electrons. The van der Waals surface area contributed by atoms with Gasteiger partial charge in [-0.25, -0.2) is 0 Å². The molecule has 1 aliphatic rings. The Balaban J connectivity index is 1.53. The molecule has 0 bridgehead atoms. The lowest BCUT2D eigenvalue weighted by molar-refractivity contribution is -0.130. The summed E-state index contributed by atoms with van der Waals surface area (Å²) >= 11 is 0. The number of amides is 1. The average Bonchev–Trinajstić information content (AvgIpc) is 3.18. The van der Waals surface area contributed by atoms with Crippen molar-refractivity contribution in [2.45, 2.75) is 46.3 Å². The number of likely N-dealkylation sites (tertiary alicyclic amines) is 1. The fourth-order valence-electron chi connectivity index (χ4n) is 3.29. The summed E-state index contributed by atoms with van der Waals surface area (Å²) in [5.74, 6) is 0.807. The van der Waals surface area contributed by atoms with Crippen LogP contribution >= 0.6 is 0 Å². The van der Waals surface area contributed by atoms with Crippen LogP contribution in [0.5, 0.6) is 0 Å². The van der Waals surface area contributed by atoms with Crippen LogP contribution in [0.3, 0.4) is 0 Å². The summed E-state index contributed by atoms with van der Waals surface area (Å²) in [7, 11) is 0. The summed E-state index contributed by atoms with van der Waals surface area (Å²) in [4.78, 5) is 14.2. The Morgan fingerprint density at radius 2 is 2.08 bits per heavy atom. The summed E-state index contributed by atoms with van der Waals surface area (Å²) in [6, 6.07) is 3.87. The molecule has 1 N–H and O–H groups in total. The average molecular weight is 332 g/mol. The Bertz CT molecular complexity index is 721. The van der Waals surface area contributed by atoms with Crippen molar-refractivity contribution >= 4 is 5.91 Å². The minimum Gasteiger partial charge on any atom is -0.391 e. The van der Waals surface area contributed by atoms with Crippen molar-refractivity contribution in [1.82, 2.24) is 19.8 Å². The summed E-state index contributed by atoms with van der Waals surface area (Å²) in [6.45, 7) is 7.30. The lowest BCUT2D eigenvalue weighted by atomic mass is 10.0. The van der Waals surface area contributed by atoms with Gasteiger partial charge in [-0.3, -0.25) is 9.48 Å². The molecule has 3 heterocycles. The number of aliphatic hydroxyl groups excluding tert-OH is 1. The van der Waals surface area contributed by atoms with Crippen LogP contribution in [0, 0.1) is 26.7 Å². The van der Waals surface area contributed by atoms with Crippen LogP contribution in [0.25, 0.3) is 0 Å². The number of aromatic nitrogens is 3. The highest BCUT2D eigenvalue weighted by Crippen LogP contribution is 2.22. The fourth-order valence-corrected chi connectivity index (χ4v) is 3.29. The number of carbonyl (C=O) groups excluding carboxylic acids is 1. The number of aryl methyl sites for hydroxylation is 4. The minimum absolute atomic E-state index is 0.00464. The molecule has 24 heavy (non-hydrogen) atoms. The molecule has 1 aliphatic heterocycles. The van der Waals surface area contributed by atoms with Gasteiger partial charge >= 0.3 is 0 Å². The number of hydrogen-bond donors (Lipinski definition) is 1. The molecule has 130 valence electrons. The molecule has 2 aromatic heterocycles. The number of carbonyl (C=O) groups is 1. The van der Waals surface area contributed by atoms with Gasteiger partial charge in [0.2, 0.25) is 5.91 Å². The maximum atomic E-state index is 12.4. The van der Waals surface area contributed by atoms with E-state index in [0.717, 1.165) is 22.8 Å². The van der Waals surface area contributed by atoms with Crippen molar-refractivity contribution in [3.05, 3.63) is 35.0 Å². The van der Waals surface area contributed by atoms with E-state index in [1.807, 2.05) is 37.6 Å². The van der Waals surface area contributed by atoms with E-state index in [1.54, 1.807) is 4.90 Å². The van der Waals surface area contributed by atoms with E-state index in [1.165, 1.54) is 0 Å². The number of aliphatic hydroxyl groups is 1. The quantitative estimate of drug-likeness (QED) is 0.891. The first kappa shape index (κ1) is 16.7. The minimum atomic E-state index is -0.520. The first-order valence-electron chi connectivity index (χ1n) is 8.31. The molecule has 1 amide bonds. The van der Waals surface area contributed by atoms with E-state index in [9.17, 15) is 9.90 Å². The highest BCUT2D eigenvalue weighted by Gasteiger charge is 2.34. The Morgan fingerprint density at radius 1 is 1.29 bits per heavy atom. The van der Waals surface area contributed by atoms with Crippen LogP contribution < -0.4 is 0 Å². The molecule has 1 fully saturated rings. The Morgan fingerprint density at radius 3 is 2.71 bits per heavy atom. The molecule has 0 aliphatic carbocycles. The summed E-state index contributed by atoms with van der Waals surface area (Å²) in [6.07, 6.45) is 0.472. The van der Waals surface area contributed by atoms with E-state index in [4.69, 9.17) is 4.52 Å². The second-order valence-electron chi connectivity index (χ2n) is 6.67. The van der Waals surface area contributed by atoms with Crippen LogP contribution in [0.1, 0.15) is 29.3 Å². The molecular formula is C17H24N4O3. The highest BCUT2D eigenvalue weighted by atomic mass is 16.5. The van der Waals surface area contributed by atoms with Gasteiger partial charge in [0.15, 0.2) is 0 Å². The second kappa shape index (κ2) is 6.76.